The number of aromatic nitrogens is 1. The molecule has 2 aromatic carbocycles. The summed E-state index contributed by atoms with van der Waals surface area (Å²) in [7, 11) is 0. The van der Waals surface area contributed by atoms with Crippen molar-refractivity contribution < 1.29 is 14.3 Å². The van der Waals surface area contributed by atoms with Crippen LogP contribution >= 0.6 is 0 Å². The highest BCUT2D eigenvalue weighted by atomic mass is 16.5. The van der Waals surface area contributed by atoms with Gasteiger partial charge in [-0.25, -0.2) is 0 Å². The fraction of sp³-hybridized carbons (Fsp3) is 0.464. The summed E-state index contributed by atoms with van der Waals surface area (Å²) < 4.78 is 13.7. The van der Waals surface area contributed by atoms with Crippen LogP contribution in [0.1, 0.15) is 19.8 Å². The lowest BCUT2D eigenvalue weighted by molar-refractivity contribution is -0.117. The predicted octanol–water partition coefficient (Wildman–Crippen LogP) is 3.56. The molecule has 8 heteroatoms. The largest absolute Gasteiger partial charge is 0.492 e. The van der Waals surface area contributed by atoms with Gasteiger partial charge in [-0.15, -0.1) is 0 Å². The highest BCUT2D eigenvalue weighted by molar-refractivity contribution is 6.01. The monoisotopic (exact) mass is 491 g/mol. The molecular weight excluding hydrogens is 454 g/mol. The minimum Gasteiger partial charge on any atom is -0.492 e. The van der Waals surface area contributed by atoms with Gasteiger partial charge in [0.15, 0.2) is 0 Å². The Labute approximate surface area is 212 Å². The van der Waals surface area contributed by atoms with Crippen molar-refractivity contribution in [2.45, 2.75) is 26.3 Å². The number of nitrogens with two attached hydrogens (primary N) is 1. The third kappa shape index (κ3) is 5.67. The summed E-state index contributed by atoms with van der Waals surface area (Å²) in [5.41, 5.74) is 11.3. The minimum atomic E-state index is 0.116. The molecule has 0 bridgehead atoms. The average Bonchev–Trinajstić information content (AvgIpc) is 3.72. The van der Waals surface area contributed by atoms with Crippen molar-refractivity contribution in [1.29, 1.82) is 0 Å². The highest BCUT2D eigenvalue weighted by Crippen LogP contribution is 2.38. The standard InChI is InChI=1S/C28H37N5O3/c1-2-33-25-19-23(36-16-12-30-11-13-32-14-17-35-18-15-32)9-10-24(25)26(29)27(33)20-5-7-22(8-6-20)31-28(34)21-3-4-21/h5-10,19,21,30H,2-4,11-18,29H2,1H3,(H,31,34). The van der Waals surface area contributed by atoms with E-state index >= 15 is 0 Å². The number of benzene rings is 2. The molecule has 1 amide bonds. The molecular formula is C28H37N5O3. The Morgan fingerprint density at radius 3 is 2.61 bits per heavy atom. The van der Waals surface area contributed by atoms with Crippen molar-refractivity contribution in [3.05, 3.63) is 42.5 Å². The van der Waals surface area contributed by atoms with Gasteiger partial charge in [0.2, 0.25) is 5.91 Å². The maximum Gasteiger partial charge on any atom is 0.227 e. The summed E-state index contributed by atoms with van der Waals surface area (Å²) in [4.78, 5) is 14.5. The van der Waals surface area contributed by atoms with E-state index in [2.05, 4.69) is 33.1 Å². The van der Waals surface area contributed by atoms with E-state index in [0.29, 0.717) is 6.61 Å². The van der Waals surface area contributed by atoms with Crippen molar-refractivity contribution in [2.24, 2.45) is 5.92 Å². The topological polar surface area (TPSA) is 93.8 Å². The first-order valence-corrected chi connectivity index (χ1v) is 13.1. The normalized spacial score (nSPS) is 16.4. The summed E-state index contributed by atoms with van der Waals surface area (Å²) in [6.07, 6.45) is 1.99. The van der Waals surface area contributed by atoms with E-state index in [1.807, 2.05) is 36.4 Å². The number of nitrogens with one attached hydrogen (secondary N) is 2. The molecule has 1 saturated heterocycles. The number of carbonyl (C=O) groups is 1. The molecule has 1 aromatic heterocycles. The lowest BCUT2D eigenvalue weighted by Gasteiger charge is -2.26. The Bertz CT molecular complexity index is 1180. The van der Waals surface area contributed by atoms with Gasteiger partial charge in [-0.3, -0.25) is 9.69 Å². The second kappa shape index (κ2) is 11.3. The molecule has 2 fully saturated rings. The number of hydrogen-bond acceptors (Lipinski definition) is 6. The zero-order valence-electron chi connectivity index (χ0n) is 21.1. The first-order valence-electron chi connectivity index (χ1n) is 13.1. The molecule has 0 atom stereocenters. The van der Waals surface area contributed by atoms with Crippen LogP contribution in [0.4, 0.5) is 11.4 Å². The lowest BCUT2D eigenvalue weighted by Crippen LogP contribution is -2.40. The number of rotatable bonds is 11. The molecule has 8 nitrogen and oxygen atoms in total. The van der Waals surface area contributed by atoms with Crippen molar-refractivity contribution in [2.75, 3.05) is 63.6 Å². The van der Waals surface area contributed by atoms with Gasteiger partial charge < -0.3 is 30.4 Å². The number of nitrogen functional groups attached to an aromatic ring is 1. The average molecular weight is 492 g/mol. The van der Waals surface area contributed by atoms with Gasteiger partial charge in [0, 0.05) is 67.9 Å². The number of aryl methyl sites for hydroxylation is 1. The van der Waals surface area contributed by atoms with Crippen LogP contribution in [-0.2, 0) is 16.1 Å². The number of morpholine rings is 1. The third-order valence-corrected chi connectivity index (χ3v) is 7.02. The second-order valence-electron chi connectivity index (χ2n) is 9.58. The molecule has 1 aliphatic heterocycles. The van der Waals surface area contributed by atoms with Crippen molar-refractivity contribution in [3.63, 3.8) is 0 Å². The quantitative estimate of drug-likeness (QED) is 0.355. The number of anilines is 2. The zero-order valence-corrected chi connectivity index (χ0v) is 21.1. The molecule has 192 valence electrons. The second-order valence-corrected chi connectivity index (χ2v) is 9.58. The van der Waals surface area contributed by atoms with Gasteiger partial charge in [0.25, 0.3) is 0 Å². The molecule has 3 aromatic rings. The van der Waals surface area contributed by atoms with E-state index in [-0.39, 0.29) is 11.8 Å². The Balaban J connectivity index is 1.22. The third-order valence-electron chi connectivity index (χ3n) is 7.02. The summed E-state index contributed by atoms with van der Waals surface area (Å²) in [5, 5.41) is 7.49. The Morgan fingerprint density at radius 2 is 1.89 bits per heavy atom. The van der Waals surface area contributed by atoms with Gasteiger partial charge in [-0.2, -0.15) is 0 Å². The van der Waals surface area contributed by atoms with Gasteiger partial charge >= 0.3 is 0 Å². The molecule has 2 aliphatic rings. The molecule has 2 heterocycles. The molecule has 0 unspecified atom stereocenters. The van der Waals surface area contributed by atoms with Gasteiger partial charge in [-0.1, -0.05) is 12.1 Å². The predicted molar refractivity (Wildman–Crippen MR) is 144 cm³/mol. The Morgan fingerprint density at radius 1 is 1.11 bits per heavy atom. The van der Waals surface area contributed by atoms with Crippen molar-refractivity contribution >= 4 is 28.2 Å². The fourth-order valence-corrected chi connectivity index (χ4v) is 4.81. The van der Waals surface area contributed by atoms with Crippen molar-refractivity contribution in [1.82, 2.24) is 14.8 Å². The molecule has 1 aliphatic carbocycles. The molecule has 0 radical (unpaired) electrons. The number of fused-ring (bicyclic) bond motifs is 1. The van der Waals surface area contributed by atoms with Gasteiger partial charge in [-0.05, 0) is 44.0 Å². The molecule has 5 rings (SSSR count). The Hall–Kier alpha value is -3.07. The highest BCUT2D eigenvalue weighted by Gasteiger charge is 2.29. The minimum absolute atomic E-state index is 0.116. The van der Waals surface area contributed by atoms with Crippen LogP contribution in [0.2, 0.25) is 0 Å². The Kier molecular flexibility index (Phi) is 7.75. The number of amides is 1. The van der Waals surface area contributed by atoms with Crippen LogP contribution < -0.4 is 21.1 Å². The van der Waals surface area contributed by atoms with E-state index in [1.54, 1.807) is 0 Å². The number of nitrogens with zero attached hydrogens (tertiary/aromatic N) is 2. The fourth-order valence-electron chi connectivity index (χ4n) is 4.81. The van der Waals surface area contributed by atoms with Crippen LogP contribution in [0.15, 0.2) is 42.5 Å². The number of hydrogen-bond donors (Lipinski definition) is 3. The SMILES string of the molecule is CCn1c(-c2ccc(NC(=O)C3CC3)cc2)c(N)c2ccc(OCCNCCN3CCOCC3)cc21. The van der Waals surface area contributed by atoms with Crippen LogP contribution in [-0.4, -0.2) is 67.9 Å². The summed E-state index contributed by atoms with van der Waals surface area (Å²) in [6.45, 7) is 10.0. The summed E-state index contributed by atoms with van der Waals surface area (Å²) in [6, 6.07) is 14.1. The first kappa shape index (κ1) is 24.6. The van der Waals surface area contributed by atoms with Crippen LogP contribution in [0.25, 0.3) is 22.2 Å². The van der Waals surface area contributed by atoms with Gasteiger partial charge in [0.05, 0.1) is 30.1 Å². The molecule has 4 N–H and O–H groups in total. The van der Waals surface area contributed by atoms with E-state index in [9.17, 15) is 4.79 Å². The van der Waals surface area contributed by atoms with Crippen LogP contribution in [0.3, 0.4) is 0 Å². The zero-order chi connectivity index (χ0) is 24.9. The van der Waals surface area contributed by atoms with Crippen molar-refractivity contribution in [3.8, 4) is 17.0 Å². The summed E-state index contributed by atoms with van der Waals surface area (Å²) >= 11 is 0. The van der Waals surface area contributed by atoms with Crippen LogP contribution in [0, 0.1) is 5.92 Å². The van der Waals surface area contributed by atoms with E-state index < -0.39 is 0 Å². The van der Waals surface area contributed by atoms with Crippen LogP contribution in [0.5, 0.6) is 5.75 Å². The maximum atomic E-state index is 12.1. The number of ether oxygens (including phenoxy) is 2. The number of carbonyl (C=O) groups excluding carboxylic acids is 1. The van der Waals surface area contributed by atoms with E-state index in [4.69, 9.17) is 15.2 Å². The van der Waals surface area contributed by atoms with E-state index in [0.717, 1.165) is 105 Å². The van der Waals surface area contributed by atoms with Gasteiger partial charge in [0.1, 0.15) is 12.4 Å². The van der Waals surface area contributed by atoms with E-state index in [1.165, 1.54) is 0 Å². The molecule has 1 saturated carbocycles. The summed E-state index contributed by atoms with van der Waals surface area (Å²) in [5.74, 6) is 1.14. The smallest absolute Gasteiger partial charge is 0.227 e. The lowest BCUT2D eigenvalue weighted by atomic mass is 10.1. The molecule has 0 spiro atoms. The first-order chi connectivity index (χ1) is 17.6. The molecule has 36 heavy (non-hydrogen) atoms. The maximum absolute atomic E-state index is 12.1.